The molecule has 1 aliphatic carbocycles. The first-order chi connectivity index (χ1) is 9.24. The van der Waals surface area contributed by atoms with Gasteiger partial charge in [-0.1, -0.05) is 44.2 Å². The number of nitrogens with two attached hydrogens (primary N) is 1. The van der Waals surface area contributed by atoms with Crippen molar-refractivity contribution in [3.63, 3.8) is 0 Å². The van der Waals surface area contributed by atoms with E-state index in [1.54, 1.807) is 0 Å². The minimum absolute atomic E-state index is 0.299. The molecule has 0 spiro atoms. The predicted octanol–water partition coefficient (Wildman–Crippen LogP) is 4.06. The Morgan fingerprint density at radius 1 is 1.26 bits per heavy atom. The van der Waals surface area contributed by atoms with Gasteiger partial charge in [-0.3, -0.25) is 0 Å². The van der Waals surface area contributed by atoms with Crippen molar-refractivity contribution in [3.05, 3.63) is 29.8 Å². The monoisotopic (exact) mass is 261 g/mol. The van der Waals surface area contributed by atoms with Gasteiger partial charge < -0.3 is 10.5 Å². The van der Waals surface area contributed by atoms with Crippen molar-refractivity contribution in [1.82, 2.24) is 0 Å². The van der Waals surface area contributed by atoms with Gasteiger partial charge >= 0.3 is 0 Å². The molecule has 106 valence electrons. The van der Waals surface area contributed by atoms with E-state index in [4.69, 9.17) is 10.5 Å². The van der Waals surface area contributed by atoms with Crippen LogP contribution in [0.25, 0.3) is 0 Å². The lowest BCUT2D eigenvalue weighted by molar-refractivity contribution is 0.266. The molecule has 1 saturated carbocycles. The molecular weight excluding hydrogens is 234 g/mol. The van der Waals surface area contributed by atoms with E-state index in [1.807, 2.05) is 12.1 Å². The summed E-state index contributed by atoms with van der Waals surface area (Å²) in [5, 5.41) is 0. The molecule has 0 amide bonds. The van der Waals surface area contributed by atoms with Gasteiger partial charge in [0.25, 0.3) is 0 Å². The first kappa shape index (κ1) is 14.4. The number of ether oxygens (including phenoxy) is 1. The van der Waals surface area contributed by atoms with Crippen LogP contribution in [0.2, 0.25) is 0 Å². The fourth-order valence-corrected chi connectivity index (χ4v) is 3.00. The highest BCUT2D eigenvalue weighted by Crippen LogP contribution is 2.27. The van der Waals surface area contributed by atoms with E-state index in [0.29, 0.717) is 6.04 Å². The summed E-state index contributed by atoms with van der Waals surface area (Å²) in [5.74, 6) is 1.83. The predicted molar refractivity (Wildman–Crippen MR) is 80.5 cm³/mol. The highest BCUT2D eigenvalue weighted by Gasteiger charge is 2.16. The zero-order chi connectivity index (χ0) is 13.5. The highest BCUT2D eigenvalue weighted by atomic mass is 16.5. The summed E-state index contributed by atoms with van der Waals surface area (Å²) in [7, 11) is 0. The smallest absolute Gasteiger partial charge is 0.119 e. The van der Waals surface area contributed by atoms with Crippen LogP contribution in [0.4, 0.5) is 0 Å². The van der Waals surface area contributed by atoms with Crippen LogP contribution in [0.1, 0.15) is 50.5 Å². The molecule has 1 atom stereocenters. The Morgan fingerprint density at radius 3 is 2.79 bits per heavy atom. The molecule has 0 bridgehead atoms. The van der Waals surface area contributed by atoms with Crippen molar-refractivity contribution >= 4 is 0 Å². The lowest BCUT2D eigenvalue weighted by Gasteiger charge is -2.24. The lowest BCUT2D eigenvalue weighted by Crippen LogP contribution is -2.26. The molecule has 1 aromatic rings. The first-order valence-corrected chi connectivity index (χ1v) is 7.69. The quantitative estimate of drug-likeness (QED) is 0.838. The zero-order valence-corrected chi connectivity index (χ0v) is 12.1. The molecular formula is C17H27NO. The SMILES string of the molecule is Cc1cccc(OCCC(N)CC2CCCCC2)c1. The molecule has 1 unspecified atom stereocenters. The highest BCUT2D eigenvalue weighted by molar-refractivity contribution is 5.27. The van der Waals surface area contributed by atoms with Crippen molar-refractivity contribution < 1.29 is 4.74 Å². The summed E-state index contributed by atoms with van der Waals surface area (Å²) >= 11 is 0. The lowest BCUT2D eigenvalue weighted by atomic mass is 9.84. The topological polar surface area (TPSA) is 35.2 Å². The Bertz CT molecular complexity index is 371. The minimum atomic E-state index is 0.299. The maximum atomic E-state index is 6.22. The number of rotatable bonds is 6. The van der Waals surface area contributed by atoms with Crippen LogP contribution in [0.5, 0.6) is 5.75 Å². The van der Waals surface area contributed by atoms with Crippen molar-refractivity contribution in [2.24, 2.45) is 11.7 Å². The average Bonchev–Trinajstić information content (AvgIpc) is 2.40. The van der Waals surface area contributed by atoms with Gasteiger partial charge in [-0.2, -0.15) is 0 Å². The summed E-state index contributed by atoms with van der Waals surface area (Å²) in [4.78, 5) is 0. The maximum Gasteiger partial charge on any atom is 0.119 e. The second kappa shape index (κ2) is 7.54. The summed E-state index contributed by atoms with van der Waals surface area (Å²) in [5.41, 5.74) is 7.46. The summed E-state index contributed by atoms with van der Waals surface area (Å²) in [6.07, 6.45) is 9.12. The molecule has 2 N–H and O–H groups in total. The molecule has 1 fully saturated rings. The van der Waals surface area contributed by atoms with Gasteiger partial charge in [-0.25, -0.2) is 0 Å². The van der Waals surface area contributed by atoms with Gasteiger partial charge in [0.05, 0.1) is 6.61 Å². The molecule has 0 aromatic heterocycles. The Balaban J connectivity index is 1.64. The van der Waals surface area contributed by atoms with Gasteiger partial charge in [0.15, 0.2) is 0 Å². The summed E-state index contributed by atoms with van der Waals surface area (Å²) in [6, 6.07) is 8.51. The van der Waals surface area contributed by atoms with Crippen LogP contribution >= 0.6 is 0 Å². The Hall–Kier alpha value is -1.02. The van der Waals surface area contributed by atoms with Gasteiger partial charge in [0.2, 0.25) is 0 Å². The van der Waals surface area contributed by atoms with Crippen molar-refractivity contribution in [2.75, 3.05) is 6.61 Å². The molecule has 1 aliphatic rings. The van der Waals surface area contributed by atoms with Crippen LogP contribution in [0, 0.1) is 12.8 Å². The van der Waals surface area contributed by atoms with E-state index in [0.717, 1.165) is 24.7 Å². The van der Waals surface area contributed by atoms with Gasteiger partial charge in [0.1, 0.15) is 5.75 Å². The van der Waals surface area contributed by atoms with E-state index >= 15 is 0 Å². The van der Waals surface area contributed by atoms with E-state index in [9.17, 15) is 0 Å². The summed E-state index contributed by atoms with van der Waals surface area (Å²) < 4.78 is 5.77. The minimum Gasteiger partial charge on any atom is -0.494 e. The average molecular weight is 261 g/mol. The van der Waals surface area contributed by atoms with E-state index in [2.05, 4.69) is 19.1 Å². The molecule has 2 nitrogen and oxygen atoms in total. The molecule has 2 heteroatoms. The summed E-state index contributed by atoms with van der Waals surface area (Å²) in [6.45, 7) is 2.82. The third-order valence-corrected chi connectivity index (χ3v) is 4.11. The number of benzene rings is 1. The molecule has 0 radical (unpaired) electrons. The molecule has 2 rings (SSSR count). The van der Waals surface area contributed by atoms with Crippen molar-refractivity contribution in [3.8, 4) is 5.75 Å². The third-order valence-electron chi connectivity index (χ3n) is 4.11. The van der Waals surface area contributed by atoms with Crippen molar-refractivity contribution in [2.45, 2.75) is 57.9 Å². The fraction of sp³-hybridized carbons (Fsp3) is 0.647. The van der Waals surface area contributed by atoms with Gasteiger partial charge in [0, 0.05) is 6.04 Å². The molecule has 0 aliphatic heterocycles. The van der Waals surface area contributed by atoms with Gasteiger partial charge in [-0.15, -0.1) is 0 Å². The van der Waals surface area contributed by atoms with Crippen LogP contribution < -0.4 is 10.5 Å². The standard InChI is InChI=1S/C17H27NO/c1-14-6-5-9-17(12-14)19-11-10-16(18)13-15-7-3-2-4-8-15/h5-6,9,12,15-16H,2-4,7-8,10-11,13,18H2,1H3. The van der Waals surface area contributed by atoms with Crippen LogP contribution in [0.3, 0.4) is 0 Å². The van der Waals surface area contributed by atoms with E-state index in [1.165, 1.54) is 44.1 Å². The number of aryl methyl sites for hydroxylation is 1. The second-order valence-electron chi connectivity index (χ2n) is 5.95. The van der Waals surface area contributed by atoms with Gasteiger partial charge in [-0.05, 0) is 43.4 Å². The van der Waals surface area contributed by atoms with E-state index < -0.39 is 0 Å². The molecule has 0 saturated heterocycles. The zero-order valence-electron chi connectivity index (χ0n) is 12.1. The molecule has 0 heterocycles. The van der Waals surface area contributed by atoms with Crippen LogP contribution in [-0.4, -0.2) is 12.6 Å². The molecule has 1 aromatic carbocycles. The Labute approximate surface area is 117 Å². The molecule has 19 heavy (non-hydrogen) atoms. The Morgan fingerprint density at radius 2 is 2.05 bits per heavy atom. The largest absolute Gasteiger partial charge is 0.494 e. The van der Waals surface area contributed by atoms with Crippen molar-refractivity contribution in [1.29, 1.82) is 0 Å². The second-order valence-corrected chi connectivity index (χ2v) is 5.95. The number of hydrogen-bond donors (Lipinski definition) is 1. The normalized spacial score (nSPS) is 18.2. The third kappa shape index (κ3) is 5.23. The van der Waals surface area contributed by atoms with Crippen LogP contribution in [0.15, 0.2) is 24.3 Å². The van der Waals surface area contributed by atoms with Crippen LogP contribution in [-0.2, 0) is 0 Å². The fourth-order valence-electron chi connectivity index (χ4n) is 3.00. The van der Waals surface area contributed by atoms with E-state index in [-0.39, 0.29) is 0 Å². The number of hydrogen-bond acceptors (Lipinski definition) is 2. The Kier molecular flexibility index (Phi) is 5.71. The maximum absolute atomic E-state index is 6.22. The first-order valence-electron chi connectivity index (χ1n) is 7.69.